The van der Waals surface area contributed by atoms with Crippen LogP contribution in [-0.2, 0) is 5.41 Å². The molecule has 0 atom stereocenters. The van der Waals surface area contributed by atoms with E-state index < -0.39 is 0 Å². The van der Waals surface area contributed by atoms with E-state index >= 15 is 0 Å². The highest BCUT2D eigenvalue weighted by Gasteiger charge is 2.24. The molecule has 0 aliphatic heterocycles. The number of rotatable bonds is 8. The van der Waals surface area contributed by atoms with Gasteiger partial charge in [-0.15, -0.1) is 0 Å². The monoisotopic (exact) mass is 615 g/mol. The van der Waals surface area contributed by atoms with Crippen LogP contribution in [0.3, 0.4) is 0 Å². The summed E-state index contributed by atoms with van der Waals surface area (Å²) < 4.78 is 0. The molecule has 0 N–H and O–H groups in total. The molecule has 0 fully saturated rings. The Morgan fingerprint density at radius 3 is 1.04 bits per heavy atom. The van der Waals surface area contributed by atoms with Crippen LogP contribution >= 0.6 is 0 Å². The van der Waals surface area contributed by atoms with Gasteiger partial charge in [0.25, 0.3) is 0 Å². The first-order valence-electron chi connectivity index (χ1n) is 16.5. The highest BCUT2D eigenvalue weighted by molar-refractivity contribution is 5.82. The minimum Gasteiger partial charge on any atom is -0.336 e. The molecule has 0 aliphatic carbocycles. The van der Waals surface area contributed by atoms with E-state index in [1.54, 1.807) is 0 Å². The smallest absolute Gasteiger partial charge is 0.0464 e. The quantitative estimate of drug-likeness (QED) is 0.169. The molecule has 0 aromatic heterocycles. The molecule has 6 aromatic rings. The number of nitrogens with zero attached hydrogens (tertiary/aromatic N) is 3. The van der Waals surface area contributed by atoms with Gasteiger partial charge in [0, 0.05) is 51.0 Å². The van der Waals surface area contributed by atoms with E-state index in [0.29, 0.717) is 0 Å². The molecule has 6 aromatic carbocycles. The van der Waals surface area contributed by atoms with E-state index in [-0.39, 0.29) is 11.0 Å². The molecule has 3 nitrogen and oxygen atoms in total. The van der Waals surface area contributed by atoms with Crippen molar-refractivity contribution in [2.45, 2.75) is 52.5 Å². The predicted octanol–water partition coefficient (Wildman–Crippen LogP) is 12.9. The van der Waals surface area contributed by atoms with Crippen molar-refractivity contribution in [3.8, 4) is 0 Å². The summed E-state index contributed by atoms with van der Waals surface area (Å²) in [6.45, 7) is 13.6. The number of anilines is 8. The molecule has 0 amide bonds. The van der Waals surface area contributed by atoms with Gasteiger partial charge < -0.3 is 14.7 Å². The maximum atomic E-state index is 2.39. The third-order valence-corrected chi connectivity index (χ3v) is 8.42. The van der Waals surface area contributed by atoms with Gasteiger partial charge in [-0.2, -0.15) is 0 Å². The zero-order chi connectivity index (χ0) is 33.0. The molecule has 0 heterocycles. The third kappa shape index (κ3) is 7.10. The lowest BCUT2D eigenvalue weighted by atomic mass is 9.87. The molecule has 47 heavy (non-hydrogen) atoms. The van der Waals surface area contributed by atoms with Crippen molar-refractivity contribution in [2.24, 2.45) is 0 Å². The van der Waals surface area contributed by atoms with E-state index in [0.717, 1.165) is 39.8 Å². The van der Waals surface area contributed by atoms with Gasteiger partial charge in [0.2, 0.25) is 0 Å². The first-order valence-corrected chi connectivity index (χ1v) is 16.5. The Balaban J connectivity index is 1.39. The summed E-state index contributed by atoms with van der Waals surface area (Å²) >= 11 is 0. The highest BCUT2D eigenvalue weighted by atomic mass is 15.2. The summed E-state index contributed by atoms with van der Waals surface area (Å²) in [5.74, 6) is 0. The molecule has 0 spiro atoms. The topological polar surface area (TPSA) is 9.72 Å². The number of para-hydroxylation sites is 3. The Morgan fingerprint density at radius 1 is 0.319 bits per heavy atom. The average molecular weight is 616 g/mol. The molecule has 0 radical (unpaired) electrons. The van der Waals surface area contributed by atoms with E-state index in [9.17, 15) is 0 Å². The van der Waals surface area contributed by atoms with Gasteiger partial charge in [0.1, 0.15) is 0 Å². The third-order valence-electron chi connectivity index (χ3n) is 8.42. The lowest BCUT2D eigenvalue weighted by Gasteiger charge is -2.38. The number of benzene rings is 6. The zero-order valence-corrected chi connectivity index (χ0v) is 28.4. The first kappa shape index (κ1) is 31.7. The Hall–Kier alpha value is -5.28. The second kappa shape index (κ2) is 13.2. The first-order chi connectivity index (χ1) is 22.6. The molecule has 0 aliphatic rings. The number of hydrogen-bond donors (Lipinski definition) is 0. The molecule has 0 unspecified atom stereocenters. The van der Waals surface area contributed by atoms with E-state index in [1.165, 1.54) is 11.3 Å². The number of hydrogen-bond acceptors (Lipinski definition) is 3. The van der Waals surface area contributed by atoms with E-state index in [1.807, 2.05) is 0 Å². The Kier molecular flexibility index (Phi) is 8.91. The predicted molar refractivity (Wildman–Crippen MR) is 203 cm³/mol. The van der Waals surface area contributed by atoms with Gasteiger partial charge in [-0.05, 0) is 129 Å². The second-order valence-corrected chi connectivity index (χ2v) is 14.0. The van der Waals surface area contributed by atoms with Crippen molar-refractivity contribution in [1.29, 1.82) is 0 Å². The Morgan fingerprint density at radius 2 is 0.638 bits per heavy atom. The fraction of sp³-hybridized carbons (Fsp3) is 0.182. The molecule has 0 bridgehead atoms. The molecule has 6 rings (SSSR count). The summed E-state index contributed by atoms with van der Waals surface area (Å²) in [5.41, 5.74) is 10.3. The van der Waals surface area contributed by atoms with Gasteiger partial charge in [0.05, 0.1) is 0 Å². The molecular formula is C44H45N3. The van der Waals surface area contributed by atoms with Crippen LogP contribution < -0.4 is 14.7 Å². The van der Waals surface area contributed by atoms with Crippen LogP contribution in [0.15, 0.2) is 164 Å². The highest BCUT2D eigenvalue weighted by Crippen LogP contribution is 2.41. The summed E-state index contributed by atoms with van der Waals surface area (Å²) in [6.07, 6.45) is 0. The molecule has 0 saturated heterocycles. The SMILES string of the molecule is CC(C)(C)c1cccc(N(c2ccccc2)c2ccc(N(c3ccccc3)c3ccc(N(c4ccccc4)C(C)(C)C)cc3)cc2)c1. The minimum absolute atomic E-state index is 0.0545. The van der Waals surface area contributed by atoms with Gasteiger partial charge in [0.15, 0.2) is 0 Å². The largest absolute Gasteiger partial charge is 0.336 e. The maximum Gasteiger partial charge on any atom is 0.0464 e. The molecule has 3 heteroatoms. The summed E-state index contributed by atoms with van der Waals surface area (Å²) in [5, 5.41) is 0. The Bertz CT molecular complexity index is 1870. The summed E-state index contributed by atoms with van der Waals surface area (Å²) in [6, 6.07) is 58.6. The van der Waals surface area contributed by atoms with E-state index in [2.05, 4.69) is 220 Å². The molecule has 0 saturated carbocycles. The second-order valence-electron chi connectivity index (χ2n) is 14.0. The summed E-state index contributed by atoms with van der Waals surface area (Å²) in [7, 11) is 0. The molecule has 236 valence electrons. The van der Waals surface area contributed by atoms with Crippen molar-refractivity contribution in [3.05, 3.63) is 169 Å². The lowest BCUT2D eigenvalue weighted by molar-refractivity contribution is 0.560. The van der Waals surface area contributed by atoms with Crippen LogP contribution in [0.25, 0.3) is 0 Å². The van der Waals surface area contributed by atoms with Crippen LogP contribution in [0.5, 0.6) is 0 Å². The lowest BCUT2D eigenvalue weighted by Crippen LogP contribution is -2.37. The van der Waals surface area contributed by atoms with Crippen LogP contribution in [0, 0.1) is 0 Å². The van der Waals surface area contributed by atoms with Crippen LogP contribution in [0.4, 0.5) is 45.5 Å². The van der Waals surface area contributed by atoms with Crippen molar-refractivity contribution in [2.75, 3.05) is 14.7 Å². The van der Waals surface area contributed by atoms with Crippen LogP contribution in [0.2, 0.25) is 0 Å². The fourth-order valence-corrected chi connectivity index (χ4v) is 6.16. The fourth-order valence-electron chi connectivity index (χ4n) is 6.16. The van der Waals surface area contributed by atoms with Gasteiger partial charge in [-0.25, -0.2) is 0 Å². The summed E-state index contributed by atoms with van der Waals surface area (Å²) in [4.78, 5) is 7.06. The van der Waals surface area contributed by atoms with Crippen molar-refractivity contribution in [1.82, 2.24) is 0 Å². The standard InChI is InChI=1S/C44H45N3/c1-43(2,3)34-17-16-24-42(33-34)46(36-20-12-8-13-21-36)39-27-25-37(26-28-39)45(35-18-10-7-11-19-35)38-29-31-41(32-30-38)47(44(4,5)6)40-22-14-9-15-23-40/h7-33H,1-6H3. The molecular weight excluding hydrogens is 571 g/mol. The normalized spacial score (nSPS) is 11.6. The minimum atomic E-state index is -0.0884. The van der Waals surface area contributed by atoms with Gasteiger partial charge in [-0.1, -0.05) is 87.5 Å². The zero-order valence-electron chi connectivity index (χ0n) is 28.4. The van der Waals surface area contributed by atoms with Crippen molar-refractivity contribution in [3.63, 3.8) is 0 Å². The van der Waals surface area contributed by atoms with Crippen LogP contribution in [-0.4, -0.2) is 5.54 Å². The Labute approximate surface area is 281 Å². The maximum absolute atomic E-state index is 2.39. The van der Waals surface area contributed by atoms with Crippen LogP contribution in [0.1, 0.15) is 47.1 Å². The average Bonchev–Trinajstić information content (AvgIpc) is 3.07. The van der Waals surface area contributed by atoms with Gasteiger partial charge >= 0.3 is 0 Å². The van der Waals surface area contributed by atoms with Crippen molar-refractivity contribution < 1.29 is 0 Å². The van der Waals surface area contributed by atoms with Crippen molar-refractivity contribution >= 4 is 45.5 Å². The van der Waals surface area contributed by atoms with Gasteiger partial charge in [-0.3, -0.25) is 0 Å². The van der Waals surface area contributed by atoms with E-state index in [4.69, 9.17) is 0 Å².